The van der Waals surface area contributed by atoms with Crippen LogP contribution in [0.5, 0.6) is 0 Å². The number of nitrogens with one attached hydrogen (secondary N) is 1. The van der Waals surface area contributed by atoms with Gasteiger partial charge >= 0.3 is 0 Å². The van der Waals surface area contributed by atoms with Gasteiger partial charge in [0.1, 0.15) is 0 Å². The van der Waals surface area contributed by atoms with Crippen molar-refractivity contribution >= 4 is 18.5 Å². The van der Waals surface area contributed by atoms with Crippen LogP contribution in [0, 0.1) is 11.8 Å². The highest BCUT2D eigenvalue weighted by atomic mass is 32.1. The van der Waals surface area contributed by atoms with Crippen molar-refractivity contribution in [1.82, 2.24) is 5.32 Å². The van der Waals surface area contributed by atoms with Crippen LogP contribution in [0.3, 0.4) is 0 Å². The van der Waals surface area contributed by atoms with Gasteiger partial charge in [0.25, 0.3) is 0 Å². The summed E-state index contributed by atoms with van der Waals surface area (Å²) in [7, 11) is 0. The van der Waals surface area contributed by atoms with Gasteiger partial charge in [-0.15, -0.1) is 12.6 Å². The van der Waals surface area contributed by atoms with Gasteiger partial charge in [0, 0.05) is 11.4 Å². The minimum Gasteiger partial charge on any atom is -0.356 e. The van der Waals surface area contributed by atoms with E-state index < -0.39 is 0 Å². The molecule has 0 aromatic heterocycles. The third-order valence-electron chi connectivity index (χ3n) is 3.14. The lowest BCUT2D eigenvalue weighted by atomic mass is 10.1. The van der Waals surface area contributed by atoms with E-state index in [9.17, 15) is 4.79 Å². The highest BCUT2D eigenvalue weighted by Crippen LogP contribution is 2.36. The van der Waals surface area contributed by atoms with Gasteiger partial charge in [-0.25, -0.2) is 0 Å². The molecular formula is C13H17NOS. The molecule has 2 atom stereocenters. The molecule has 1 fully saturated rings. The monoisotopic (exact) mass is 235 g/mol. The van der Waals surface area contributed by atoms with E-state index in [1.165, 1.54) is 6.42 Å². The summed E-state index contributed by atoms with van der Waals surface area (Å²) in [6.07, 6.45) is 1.73. The van der Waals surface area contributed by atoms with Crippen molar-refractivity contribution in [1.29, 1.82) is 0 Å². The second kappa shape index (κ2) is 4.91. The van der Waals surface area contributed by atoms with Crippen LogP contribution in [0.25, 0.3) is 0 Å². The second-order valence-electron chi connectivity index (χ2n) is 4.62. The Morgan fingerprint density at radius 3 is 2.62 bits per heavy atom. The van der Waals surface area contributed by atoms with Gasteiger partial charge in [0.15, 0.2) is 0 Å². The maximum absolute atomic E-state index is 11.6. The molecule has 0 saturated heterocycles. The normalized spacial score (nSPS) is 22.9. The largest absolute Gasteiger partial charge is 0.356 e. The lowest BCUT2D eigenvalue weighted by Crippen LogP contribution is -2.27. The maximum Gasteiger partial charge on any atom is 0.224 e. The van der Waals surface area contributed by atoms with Crippen LogP contribution < -0.4 is 5.32 Å². The maximum atomic E-state index is 11.6. The molecule has 1 aliphatic rings. The van der Waals surface area contributed by atoms with Gasteiger partial charge in [-0.1, -0.05) is 19.1 Å². The Bertz CT molecular complexity index is 374. The summed E-state index contributed by atoms with van der Waals surface area (Å²) in [5, 5.41) is 2.98. The fourth-order valence-corrected chi connectivity index (χ4v) is 1.94. The van der Waals surface area contributed by atoms with Crippen molar-refractivity contribution < 1.29 is 4.79 Å². The Kier molecular flexibility index (Phi) is 3.54. The van der Waals surface area contributed by atoms with Gasteiger partial charge in [-0.05, 0) is 36.0 Å². The number of benzene rings is 1. The molecule has 3 heteroatoms. The summed E-state index contributed by atoms with van der Waals surface area (Å²) in [6.45, 7) is 3.06. The van der Waals surface area contributed by atoms with E-state index in [2.05, 4.69) is 24.9 Å². The second-order valence-corrected chi connectivity index (χ2v) is 5.14. The quantitative estimate of drug-likeness (QED) is 0.770. The number of carbonyl (C=O) groups excluding carboxylic acids is 1. The summed E-state index contributed by atoms with van der Waals surface area (Å²) >= 11 is 4.21. The van der Waals surface area contributed by atoms with Gasteiger partial charge in [-0.3, -0.25) is 4.79 Å². The highest BCUT2D eigenvalue weighted by molar-refractivity contribution is 7.80. The fourth-order valence-electron chi connectivity index (χ4n) is 1.79. The molecule has 86 valence electrons. The van der Waals surface area contributed by atoms with Crippen LogP contribution in [0.15, 0.2) is 29.2 Å². The number of hydrogen-bond acceptors (Lipinski definition) is 2. The minimum absolute atomic E-state index is 0.117. The molecule has 0 radical (unpaired) electrons. The van der Waals surface area contributed by atoms with Crippen LogP contribution >= 0.6 is 12.6 Å². The van der Waals surface area contributed by atoms with Crippen molar-refractivity contribution in [2.24, 2.45) is 11.8 Å². The fraction of sp³-hybridized carbons (Fsp3) is 0.462. The van der Waals surface area contributed by atoms with E-state index in [4.69, 9.17) is 0 Å². The Balaban J connectivity index is 1.76. The van der Waals surface area contributed by atoms with Crippen molar-refractivity contribution in [3.05, 3.63) is 29.8 Å². The Morgan fingerprint density at radius 2 is 2.06 bits per heavy atom. The van der Waals surface area contributed by atoms with Crippen molar-refractivity contribution in [2.45, 2.75) is 24.7 Å². The van der Waals surface area contributed by atoms with E-state index in [1.807, 2.05) is 24.3 Å². The third kappa shape index (κ3) is 3.27. The molecular weight excluding hydrogens is 218 g/mol. The summed E-state index contributed by atoms with van der Waals surface area (Å²) in [5.74, 6) is 1.62. The molecule has 1 N–H and O–H groups in total. The molecule has 2 nitrogen and oxygen atoms in total. The number of carbonyl (C=O) groups is 1. The zero-order valence-corrected chi connectivity index (χ0v) is 10.3. The molecule has 2 rings (SSSR count). The Morgan fingerprint density at radius 1 is 1.44 bits per heavy atom. The molecule has 0 bridgehead atoms. The average Bonchev–Trinajstić information content (AvgIpc) is 2.95. The molecule has 1 aromatic rings. The van der Waals surface area contributed by atoms with Crippen molar-refractivity contribution in [2.75, 3.05) is 6.54 Å². The highest BCUT2D eigenvalue weighted by Gasteiger charge is 2.32. The number of hydrogen-bond donors (Lipinski definition) is 2. The van der Waals surface area contributed by atoms with Crippen LogP contribution in [0.4, 0.5) is 0 Å². The van der Waals surface area contributed by atoms with E-state index in [0.717, 1.165) is 22.9 Å². The molecule has 0 aliphatic heterocycles. The van der Waals surface area contributed by atoms with E-state index >= 15 is 0 Å². The first-order valence-corrected chi connectivity index (χ1v) is 6.14. The molecule has 2 unspecified atom stereocenters. The van der Waals surface area contributed by atoms with E-state index in [-0.39, 0.29) is 5.91 Å². The smallest absolute Gasteiger partial charge is 0.224 e. The number of amides is 1. The average molecular weight is 235 g/mol. The Hall–Kier alpha value is -0.960. The first-order chi connectivity index (χ1) is 7.65. The lowest BCUT2D eigenvalue weighted by molar-refractivity contribution is -0.120. The SMILES string of the molecule is CC1CC1CNC(=O)Cc1ccc(S)cc1. The van der Waals surface area contributed by atoms with E-state index in [1.54, 1.807) is 0 Å². The first-order valence-electron chi connectivity index (χ1n) is 5.70. The minimum atomic E-state index is 0.117. The van der Waals surface area contributed by atoms with Gasteiger partial charge in [0.2, 0.25) is 5.91 Å². The summed E-state index contributed by atoms with van der Waals surface area (Å²) in [4.78, 5) is 12.5. The molecule has 1 aromatic carbocycles. The zero-order valence-electron chi connectivity index (χ0n) is 9.44. The molecule has 1 amide bonds. The van der Waals surface area contributed by atoms with Crippen molar-refractivity contribution in [3.63, 3.8) is 0 Å². The Labute approximate surface area is 102 Å². The standard InChI is InChI=1S/C13H17NOS/c1-9-6-11(9)8-14-13(15)7-10-2-4-12(16)5-3-10/h2-5,9,11,16H,6-8H2,1H3,(H,14,15). The topological polar surface area (TPSA) is 29.1 Å². The van der Waals surface area contributed by atoms with Crippen LogP contribution in [-0.2, 0) is 11.2 Å². The first kappa shape index (κ1) is 11.5. The van der Waals surface area contributed by atoms with Crippen LogP contribution in [0.1, 0.15) is 18.9 Å². The molecule has 0 spiro atoms. The summed E-state index contributed by atoms with van der Waals surface area (Å²) in [5.41, 5.74) is 1.04. The molecule has 0 heterocycles. The number of thiol groups is 1. The summed E-state index contributed by atoms with van der Waals surface area (Å²) in [6, 6.07) is 7.71. The van der Waals surface area contributed by atoms with Crippen molar-refractivity contribution in [3.8, 4) is 0 Å². The van der Waals surface area contributed by atoms with Crippen LogP contribution in [0.2, 0.25) is 0 Å². The third-order valence-corrected chi connectivity index (χ3v) is 3.44. The predicted octanol–water partition coefficient (Wildman–Crippen LogP) is 2.29. The number of rotatable bonds is 4. The zero-order chi connectivity index (χ0) is 11.5. The molecule has 16 heavy (non-hydrogen) atoms. The molecule has 1 saturated carbocycles. The van der Waals surface area contributed by atoms with Gasteiger partial charge < -0.3 is 5.32 Å². The molecule has 1 aliphatic carbocycles. The van der Waals surface area contributed by atoms with Gasteiger partial charge in [0.05, 0.1) is 6.42 Å². The van der Waals surface area contributed by atoms with E-state index in [0.29, 0.717) is 12.3 Å². The van der Waals surface area contributed by atoms with Crippen LogP contribution in [-0.4, -0.2) is 12.5 Å². The predicted molar refractivity (Wildman–Crippen MR) is 67.7 cm³/mol. The summed E-state index contributed by atoms with van der Waals surface area (Å²) < 4.78 is 0. The lowest BCUT2D eigenvalue weighted by Gasteiger charge is -2.04. The van der Waals surface area contributed by atoms with Gasteiger partial charge in [-0.2, -0.15) is 0 Å².